The van der Waals surface area contributed by atoms with Gasteiger partial charge in [0.1, 0.15) is 17.1 Å². The lowest BCUT2D eigenvalue weighted by Gasteiger charge is -2.24. The van der Waals surface area contributed by atoms with Crippen molar-refractivity contribution in [1.29, 1.82) is 0 Å². The molecule has 8 nitrogen and oxygen atoms in total. The Balaban J connectivity index is 1.49. The van der Waals surface area contributed by atoms with Crippen LogP contribution in [-0.2, 0) is 0 Å². The molecule has 1 saturated carbocycles. The maximum absolute atomic E-state index is 13.3. The number of likely N-dealkylation sites (N-methyl/N-ethyl adjacent to an activating group) is 1. The van der Waals surface area contributed by atoms with Crippen LogP contribution in [0.1, 0.15) is 57.2 Å². The molecule has 0 atom stereocenters. The first kappa shape index (κ1) is 22.9. The molecule has 1 saturated heterocycles. The Hall–Kier alpha value is -2.87. The Labute approximate surface area is 200 Å². The van der Waals surface area contributed by atoms with Crippen LogP contribution in [0, 0.1) is 6.92 Å². The van der Waals surface area contributed by atoms with Gasteiger partial charge in [-0.15, -0.1) is 0 Å². The van der Waals surface area contributed by atoms with E-state index >= 15 is 0 Å². The monoisotopic (exact) mass is 464 g/mol. The Kier molecular flexibility index (Phi) is 6.59. The van der Waals surface area contributed by atoms with Gasteiger partial charge in [-0.3, -0.25) is 9.48 Å². The maximum atomic E-state index is 13.3. The number of nitrogens with zero attached hydrogens (tertiary/aromatic N) is 5. The first-order chi connectivity index (χ1) is 16.6. The third-order valence-electron chi connectivity index (χ3n) is 7.49. The molecule has 182 valence electrons. The largest absolute Gasteiger partial charge is 0.496 e. The SMILES string of the molecule is CCN1CCCN(c2ccc(-c3nc4c(C)nn(C5CCCCC5)c4c(=O)[nH]3)c(OC)c2)CC1. The van der Waals surface area contributed by atoms with E-state index in [1.54, 1.807) is 7.11 Å². The molecule has 2 aliphatic rings. The number of aromatic nitrogens is 4. The highest BCUT2D eigenvalue weighted by atomic mass is 16.5. The summed E-state index contributed by atoms with van der Waals surface area (Å²) in [5.74, 6) is 1.24. The molecule has 0 radical (unpaired) electrons. The van der Waals surface area contributed by atoms with Crippen molar-refractivity contribution in [2.45, 2.75) is 58.4 Å². The maximum Gasteiger partial charge on any atom is 0.277 e. The van der Waals surface area contributed by atoms with Gasteiger partial charge in [0.25, 0.3) is 5.56 Å². The summed E-state index contributed by atoms with van der Waals surface area (Å²) in [6.07, 6.45) is 6.92. The fourth-order valence-electron chi connectivity index (χ4n) is 5.53. The third-order valence-corrected chi connectivity index (χ3v) is 7.49. The predicted molar refractivity (Wildman–Crippen MR) is 136 cm³/mol. The van der Waals surface area contributed by atoms with Crippen LogP contribution >= 0.6 is 0 Å². The van der Waals surface area contributed by atoms with Crippen molar-refractivity contribution in [1.82, 2.24) is 24.6 Å². The molecule has 2 aromatic heterocycles. The van der Waals surface area contributed by atoms with Crippen LogP contribution in [0.2, 0.25) is 0 Å². The van der Waals surface area contributed by atoms with Crippen LogP contribution in [0.4, 0.5) is 5.69 Å². The number of fused-ring (bicyclic) bond motifs is 1. The number of anilines is 1. The molecule has 0 spiro atoms. The van der Waals surface area contributed by atoms with Crippen LogP contribution in [-0.4, -0.2) is 64.5 Å². The number of aromatic amines is 1. The summed E-state index contributed by atoms with van der Waals surface area (Å²) in [6.45, 7) is 9.48. The summed E-state index contributed by atoms with van der Waals surface area (Å²) in [5, 5.41) is 4.74. The Morgan fingerprint density at radius 2 is 1.91 bits per heavy atom. The number of benzene rings is 1. The molecule has 1 aliphatic carbocycles. The highest BCUT2D eigenvalue weighted by Crippen LogP contribution is 2.34. The average molecular weight is 465 g/mol. The van der Waals surface area contributed by atoms with Gasteiger partial charge in [0.05, 0.1) is 24.4 Å². The minimum Gasteiger partial charge on any atom is -0.496 e. The van der Waals surface area contributed by atoms with Gasteiger partial charge in [-0.1, -0.05) is 26.2 Å². The van der Waals surface area contributed by atoms with Gasteiger partial charge in [0, 0.05) is 31.4 Å². The van der Waals surface area contributed by atoms with E-state index in [4.69, 9.17) is 14.8 Å². The summed E-state index contributed by atoms with van der Waals surface area (Å²) in [7, 11) is 1.67. The van der Waals surface area contributed by atoms with E-state index in [1.165, 1.54) is 19.3 Å². The minimum absolute atomic E-state index is 0.135. The van der Waals surface area contributed by atoms with Crippen LogP contribution in [0.3, 0.4) is 0 Å². The number of hydrogen-bond donors (Lipinski definition) is 1. The topological polar surface area (TPSA) is 79.3 Å². The fourth-order valence-corrected chi connectivity index (χ4v) is 5.53. The summed E-state index contributed by atoms with van der Waals surface area (Å²) >= 11 is 0. The second-order valence-corrected chi connectivity index (χ2v) is 9.59. The number of aryl methyl sites for hydroxylation is 1. The van der Waals surface area contributed by atoms with Crippen molar-refractivity contribution < 1.29 is 4.74 Å². The van der Waals surface area contributed by atoms with Gasteiger partial charge < -0.3 is 19.5 Å². The molecule has 2 fully saturated rings. The van der Waals surface area contributed by atoms with E-state index in [-0.39, 0.29) is 11.6 Å². The van der Waals surface area contributed by atoms with Gasteiger partial charge >= 0.3 is 0 Å². The molecule has 34 heavy (non-hydrogen) atoms. The lowest BCUT2D eigenvalue weighted by atomic mass is 9.95. The number of rotatable bonds is 5. The van der Waals surface area contributed by atoms with E-state index in [0.717, 1.165) is 68.9 Å². The number of nitrogens with one attached hydrogen (secondary N) is 1. The predicted octanol–water partition coefficient (Wildman–Crippen LogP) is 4.14. The zero-order valence-electron chi connectivity index (χ0n) is 20.6. The molecule has 3 aromatic rings. The van der Waals surface area contributed by atoms with Crippen LogP contribution in [0.25, 0.3) is 22.4 Å². The first-order valence-electron chi connectivity index (χ1n) is 12.7. The van der Waals surface area contributed by atoms with Crippen molar-refractivity contribution in [3.63, 3.8) is 0 Å². The Morgan fingerprint density at radius 1 is 1.09 bits per heavy atom. The second kappa shape index (κ2) is 9.78. The van der Waals surface area contributed by atoms with Gasteiger partial charge in [0.2, 0.25) is 0 Å². The standard InChI is InChI=1S/C26H36N6O2/c1-4-30-13-8-14-31(16-15-30)20-11-12-21(22(17-20)34-3)25-27-23-18(2)29-32(24(23)26(33)28-25)19-9-6-5-7-10-19/h11-12,17,19H,4-10,13-16H2,1-3H3,(H,27,28,33). The van der Waals surface area contributed by atoms with Crippen LogP contribution < -0.4 is 15.2 Å². The fraction of sp³-hybridized carbons (Fsp3) is 0.577. The molecule has 3 heterocycles. The summed E-state index contributed by atoms with van der Waals surface area (Å²) in [6, 6.07) is 6.48. The van der Waals surface area contributed by atoms with Crippen molar-refractivity contribution in [2.24, 2.45) is 0 Å². The van der Waals surface area contributed by atoms with Gasteiger partial charge in [-0.05, 0) is 51.4 Å². The Morgan fingerprint density at radius 3 is 2.68 bits per heavy atom. The second-order valence-electron chi connectivity index (χ2n) is 9.59. The number of methoxy groups -OCH3 is 1. The zero-order chi connectivity index (χ0) is 23.7. The quantitative estimate of drug-likeness (QED) is 0.611. The van der Waals surface area contributed by atoms with Gasteiger partial charge in [-0.2, -0.15) is 5.10 Å². The van der Waals surface area contributed by atoms with E-state index in [2.05, 4.69) is 33.8 Å². The first-order valence-corrected chi connectivity index (χ1v) is 12.7. The molecule has 1 aromatic carbocycles. The summed E-state index contributed by atoms with van der Waals surface area (Å²) < 4.78 is 7.70. The van der Waals surface area contributed by atoms with E-state index in [9.17, 15) is 4.79 Å². The molecule has 8 heteroatoms. The lowest BCUT2D eigenvalue weighted by Crippen LogP contribution is -2.30. The molecule has 0 bridgehead atoms. The number of H-pyrrole nitrogens is 1. The van der Waals surface area contributed by atoms with Crippen molar-refractivity contribution >= 4 is 16.7 Å². The highest BCUT2D eigenvalue weighted by molar-refractivity contribution is 5.80. The highest BCUT2D eigenvalue weighted by Gasteiger charge is 2.23. The molecule has 1 aliphatic heterocycles. The van der Waals surface area contributed by atoms with Crippen LogP contribution in [0.15, 0.2) is 23.0 Å². The van der Waals surface area contributed by atoms with Crippen molar-refractivity contribution in [3.8, 4) is 17.1 Å². The van der Waals surface area contributed by atoms with Gasteiger partial charge in [-0.25, -0.2) is 4.98 Å². The third kappa shape index (κ3) is 4.31. The zero-order valence-corrected chi connectivity index (χ0v) is 20.6. The summed E-state index contributed by atoms with van der Waals surface area (Å²) in [4.78, 5) is 26.1. The summed E-state index contributed by atoms with van der Waals surface area (Å²) in [5.41, 5.74) is 3.87. The molecule has 0 unspecified atom stereocenters. The van der Waals surface area contributed by atoms with Crippen LogP contribution in [0.5, 0.6) is 5.75 Å². The molecule has 0 amide bonds. The minimum atomic E-state index is -0.135. The van der Waals surface area contributed by atoms with E-state index in [1.807, 2.05) is 17.7 Å². The molecule has 5 rings (SSSR count). The lowest BCUT2D eigenvalue weighted by molar-refractivity contribution is 0.310. The molecular formula is C26H36N6O2. The van der Waals surface area contributed by atoms with E-state index < -0.39 is 0 Å². The molecular weight excluding hydrogens is 428 g/mol. The smallest absolute Gasteiger partial charge is 0.277 e. The Bertz CT molecular complexity index is 1210. The van der Waals surface area contributed by atoms with Crippen molar-refractivity contribution in [2.75, 3.05) is 44.7 Å². The molecule has 1 N–H and O–H groups in total. The van der Waals surface area contributed by atoms with Gasteiger partial charge in [0.15, 0.2) is 5.52 Å². The van der Waals surface area contributed by atoms with E-state index in [0.29, 0.717) is 22.6 Å². The van der Waals surface area contributed by atoms with Crippen molar-refractivity contribution in [3.05, 3.63) is 34.2 Å². The number of hydrogen-bond acceptors (Lipinski definition) is 6. The number of ether oxygens (including phenoxy) is 1. The average Bonchev–Trinajstić information content (AvgIpc) is 3.04. The normalized spacial score (nSPS) is 18.4.